The number of nitrogens with zero attached hydrogens (tertiary/aromatic N) is 1. The van der Waals surface area contributed by atoms with Crippen molar-refractivity contribution in [3.05, 3.63) is 42.4 Å². The summed E-state index contributed by atoms with van der Waals surface area (Å²) in [6.45, 7) is 0. The fourth-order valence-corrected chi connectivity index (χ4v) is 1.17. The smallest absolute Gasteiger partial charge is 0.416 e. The Morgan fingerprint density at radius 1 is 1.27 bits per heavy atom. The number of aromatic nitrogens is 1. The van der Waals surface area contributed by atoms with Gasteiger partial charge < -0.3 is 4.42 Å². The van der Waals surface area contributed by atoms with E-state index in [0.717, 1.165) is 12.1 Å². The predicted molar refractivity (Wildman–Crippen MR) is 45.8 cm³/mol. The first-order valence-corrected chi connectivity index (χ1v) is 4.07. The molecule has 2 nitrogen and oxygen atoms in total. The largest absolute Gasteiger partial charge is 0.432 e. The van der Waals surface area contributed by atoms with Gasteiger partial charge in [-0.15, -0.1) is 0 Å². The second kappa shape index (κ2) is 3.42. The maximum Gasteiger partial charge on any atom is 0.416 e. The van der Waals surface area contributed by atoms with Gasteiger partial charge in [0, 0.05) is 5.56 Å². The molecule has 2 rings (SSSR count). The highest BCUT2D eigenvalue weighted by molar-refractivity contribution is 5.57. The van der Waals surface area contributed by atoms with Gasteiger partial charge in [-0.25, -0.2) is 4.98 Å². The maximum absolute atomic E-state index is 12.4. The van der Waals surface area contributed by atoms with Gasteiger partial charge in [0.1, 0.15) is 0 Å². The first kappa shape index (κ1) is 9.76. The van der Waals surface area contributed by atoms with Crippen LogP contribution in [0.2, 0.25) is 0 Å². The quantitative estimate of drug-likeness (QED) is 0.725. The second-order valence-electron chi connectivity index (χ2n) is 2.89. The Kier molecular flexibility index (Phi) is 2.22. The van der Waals surface area contributed by atoms with Crippen LogP contribution < -0.4 is 0 Å². The first-order chi connectivity index (χ1) is 7.07. The minimum Gasteiger partial charge on any atom is -0.432 e. The Labute approximate surface area is 83.4 Å². The van der Waals surface area contributed by atoms with Crippen molar-refractivity contribution in [2.45, 2.75) is 6.18 Å². The van der Waals surface area contributed by atoms with Gasteiger partial charge in [0.25, 0.3) is 6.39 Å². The lowest BCUT2D eigenvalue weighted by Gasteiger charge is -2.06. The third-order valence-corrected chi connectivity index (χ3v) is 1.86. The number of oxazole rings is 1. The molecule has 0 N–H and O–H groups in total. The van der Waals surface area contributed by atoms with Crippen LogP contribution >= 0.6 is 0 Å². The lowest BCUT2D eigenvalue weighted by Crippen LogP contribution is -2.04. The minimum atomic E-state index is -4.35. The lowest BCUT2D eigenvalue weighted by atomic mass is 10.1. The molecule has 0 fully saturated rings. The molecule has 0 spiro atoms. The Bertz CT molecular complexity index is 448. The van der Waals surface area contributed by atoms with E-state index in [1.165, 1.54) is 18.3 Å². The van der Waals surface area contributed by atoms with Gasteiger partial charge in [0.05, 0.1) is 11.8 Å². The molecule has 0 aliphatic heterocycles. The standard InChI is InChI=1S/C10H5F3NO/c11-10(12,13)8-3-1-2-7(4-8)9-5-14-6-15-9/h1-5H. The highest BCUT2D eigenvalue weighted by Crippen LogP contribution is 2.31. The Hall–Kier alpha value is -1.78. The van der Waals surface area contributed by atoms with Crippen molar-refractivity contribution in [1.29, 1.82) is 0 Å². The number of rotatable bonds is 1. The summed E-state index contributed by atoms with van der Waals surface area (Å²) in [5.74, 6) is 0.265. The highest BCUT2D eigenvalue weighted by Gasteiger charge is 2.30. The maximum atomic E-state index is 12.4. The van der Waals surface area contributed by atoms with Crippen LogP contribution in [0.15, 0.2) is 34.9 Å². The van der Waals surface area contributed by atoms with E-state index >= 15 is 0 Å². The van der Waals surface area contributed by atoms with Gasteiger partial charge in [-0.3, -0.25) is 0 Å². The zero-order chi connectivity index (χ0) is 10.9. The molecular formula is C10H5F3NO. The van der Waals surface area contributed by atoms with Crippen molar-refractivity contribution in [2.75, 3.05) is 0 Å². The zero-order valence-electron chi connectivity index (χ0n) is 7.38. The lowest BCUT2D eigenvalue weighted by molar-refractivity contribution is -0.137. The molecule has 1 heterocycles. The Balaban J connectivity index is 2.44. The monoisotopic (exact) mass is 212 g/mol. The summed E-state index contributed by atoms with van der Waals surface area (Å²) in [6.07, 6.45) is -0.852. The van der Waals surface area contributed by atoms with E-state index in [-0.39, 0.29) is 5.76 Å². The topological polar surface area (TPSA) is 26.0 Å². The molecule has 0 bridgehead atoms. The summed E-state index contributed by atoms with van der Waals surface area (Å²) in [7, 11) is 0. The van der Waals surface area contributed by atoms with Crippen LogP contribution in [0.4, 0.5) is 13.2 Å². The molecule has 77 valence electrons. The van der Waals surface area contributed by atoms with E-state index in [9.17, 15) is 13.2 Å². The molecule has 1 aromatic heterocycles. The molecule has 5 heteroatoms. The van der Waals surface area contributed by atoms with Crippen molar-refractivity contribution in [3.63, 3.8) is 0 Å². The fraction of sp³-hybridized carbons (Fsp3) is 0.100. The summed E-state index contributed by atoms with van der Waals surface area (Å²) in [5, 5.41) is 0. The first-order valence-electron chi connectivity index (χ1n) is 4.07. The second-order valence-corrected chi connectivity index (χ2v) is 2.89. The van der Waals surface area contributed by atoms with E-state index in [1.807, 2.05) is 0 Å². The molecular weight excluding hydrogens is 207 g/mol. The van der Waals surface area contributed by atoms with E-state index in [2.05, 4.69) is 11.4 Å². The molecule has 15 heavy (non-hydrogen) atoms. The van der Waals surface area contributed by atoms with Crippen LogP contribution in [0.5, 0.6) is 0 Å². The van der Waals surface area contributed by atoms with Crippen LogP contribution in [0.3, 0.4) is 0 Å². The summed E-state index contributed by atoms with van der Waals surface area (Å²) in [4.78, 5) is 3.52. The van der Waals surface area contributed by atoms with Gasteiger partial charge in [-0.2, -0.15) is 13.2 Å². The van der Waals surface area contributed by atoms with Crippen molar-refractivity contribution in [2.24, 2.45) is 0 Å². The van der Waals surface area contributed by atoms with E-state index in [4.69, 9.17) is 4.42 Å². The molecule has 2 aromatic rings. The molecule has 0 aliphatic carbocycles. The van der Waals surface area contributed by atoms with Crippen LogP contribution in [0, 0.1) is 6.39 Å². The average molecular weight is 212 g/mol. The van der Waals surface area contributed by atoms with Gasteiger partial charge >= 0.3 is 6.18 Å². The zero-order valence-corrected chi connectivity index (χ0v) is 7.38. The Morgan fingerprint density at radius 3 is 2.67 bits per heavy atom. The SMILES string of the molecule is FC(F)(F)c1cccc(-c2cn[c]o2)c1. The average Bonchev–Trinajstić information content (AvgIpc) is 2.69. The third-order valence-electron chi connectivity index (χ3n) is 1.86. The van der Waals surface area contributed by atoms with Crippen LogP contribution in [0.25, 0.3) is 11.3 Å². The van der Waals surface area contributed by atoms with E-state index in [1.54, 1.807) is 0 Å². The molecule has 1 radical (unpaired) electrons. The van der Waals surface area contributed by atoms with Crippen molar-refractivity contribution < 1.29 is 17.6 Å². The molecule has 0 aliphatic rings. The van der Waals surface area contributed by atoms with Crippen molar-refractivity contribution in [3.8, 4) is 11.3 Å². The fourth-order valence-electron chi connectivity index (χ4n) is 1.17. The summed E-state index contributed by atoms with van der Waals surface area (Å²) in [5.41, 5.74) is -0.380. The van der Waals surface area contributed by atoms with Crippen molar-refractivity contribution in [1.82, 2.24) is 4.98 Å². The normalized spacial score (nSPS) is 11.7. The number of hydrogen-bond donors (Lipinski definition) is 0. The van der Waals surface area contributed by atoms with Crippen LogP contribution in [-0.2, 0) is 6.18 Å². The number of halogens is 3. The molecule has 0 atom stereocenters. The molecule has 0 amide bonds. The predicted octanol–water partition coefficient (Wildman–Crippen LogP) is 3.16. The molecule has 1 aromatic carbocycles. The van der Waals surface area contributed by atoms with Gasteiger partial charge in [0.15, 0.2) is 5.76 Å². The minimum absolute atomic E-state index is 0.265. The summed E-state index contributed by atoms with van der Waals surface area (Å²) in [6, 6.07) is 4.85. The summed E-state index contributed by atoms with van der Waals surface area (Å²) < 4.78 is 41.9. The van der Waals surface area contributed by atoms with E-state index < -0.39 is 11.7 Å². The van der Waals surface area contributed by atoms with Crippen molar-refractivity contribution >= 4 is 0 Å². The summed E-state index contributed by atoms with van der Waals surface area (Å²) >= 11 is 0. The molecule has 0 saturated heterocycles. The van der Waals surface area contributed by atoms with Crippen LogP contribution in [0.1, 0.15) is 5.56 Å². The van der Waals surface area contributed by atoms with E-state index in [0.29, 0.717) is 5.56 Å². The van der Waals surface area contributed by atoms with Gasteiger partial charge in [-0.05, 0) is 12.1 Å². The number of hydrogen-bond acceptors (Lipinski definition) is 2. The highest BCUT2D eigenvalue weighted by atomic mass is 19.4. The number of alkyl halides is 3. The Morgan fingerprint density at radius 2 is 2.07 bits per heavy atom. The molecule has 0 saturated carbocycles. The van der Waals surface area contributed by atoms with Crippen LogP contribution in [-0.4, -0.2) is 4.98 Å². The van der Waals surface area contributed by atoms with Gasteiger partial charge in [0.2, 0.25) is 0 Å². The van der Waals surface area contributed by atoms with Gasteiger partial charge in [-0.1, -0.05) is 12.1 Å². The molecule has 0 unspecified atom stereocenters. The third kappa shape index (κ3) is 2.01. The number of benzene rings is 1.